The third-order valence-corrected chi connectivity index (χ3v) is 2.33. The molecule has 0 aliphatic rings. The molecular formula is C12H13N3. The van der Waals surface area contributed by atoms with Crippen LogP contribution in [0.25, 0.3) is 11.4 Å². The van der Waals surface area contributed by atoms with E-state index in [2.05, 4.69) is 23.0 Å². The van der Waals surface area contributed by atoms with Crippen LogP contribution in [0.3, 0.4) is 0 Å². The molecule has 0 atom stereocenters. The van der Waals surface area contributed by atoms with Gasteiger partial charge in [0.15, 0.2) is 5.82 Å². The van der Waals surface area contributed by atoms with Crippen LogP contribution in [0, 0.1) is 6.92 Å². The lowest BCUT2D eigenvalue weighted by molar-refractivity contribution is 1.01. The first-order valence-electron chi connectivity index (χ1n) is 4.88. The minimum atomic E-state index is 0.480. The number of hydrogen-bond acceptors (Lipinski definition) is 3. The molecule has 1 heterocycles. The van der Waals surface area contributed by atoms with E-state index in [1.165, 1.54) is 5.56 Å². The van der Waals surface area contributed by atoms with E-state index in [1.807, 2.05) is 18.2 Å². The van der Waals surface area contributed by atoms with Crippen molar-refractivity contribution in [2.24, 2.45) is 5.73 Å². The van der Waals surface area contributed by atoms with Crippen molar-refractivity contribution in [1.29, 1.82) is 0 Å². The van der Waals surface area contributed by atoms with Gasteiger partial charge in [-0.3, -0.25) is 0 Å². The summed E-state index contributed by atoms with van der Waals surface area (Å²) in [4.78, 5) is 8.58. The van der Waals surface area contributed by atoms with Crippen molar-refractivity contribution < 1.29 is 0 Å². The molecule has 1 aromatic heterocycles. The van der Waals surface area contributed by atoms with Crippen molar-refractivity contribution >= 4 is 0 Å². The van der Waals surface area contributed by atoms with Crippen molar-refractivity contribution in [3.8, 4) is 11.4 Å². The first-order valence-corrected chi connectivity index (χ1v) is 4.88. The quantitative estimate of drug-likeness (QED) is 0.803. The second kappa shape index (κ2) is 4.19. The number of aryl methyl sites for hydroxylation is 1. The van der Waals surface area contributed by atoms with E-state index in [0.29, 0.717) is 6.54 Å². The maximum Gasteiger partial charge on any atom is 0.159 e. The average Bonchev–Trinajstić information content (AvgIpc) is 2.30. The second-order valence-corrected chi connectivity index (χ2v) is 3.43. The van der Waals surface area contributed by atoms with Gasteiger partial charge in [-0.2, -0.15) is 0 Å². The fourth-order valence-electron chi connectivity index (χ4n) is 1.42. The summed E-state index contributed by atoms with van der Waals surface area (Å²) in [6.07, 6.45) is 3.55. The fourth-order valence-corrected chi connectivity index (χ4v) is 1.42. The summed E-state index contributed by atoms with van der Waals surface area (Å²) in [6.45, 7) is 2.53. The number of aromatic nitrogens is 2. The van der Waals surface area contributed by atoms with Gasteiger partial charge in [-0.05, 0) is 12.5 Å². The summed E-state index contributed by atoms with van der Waals surface area (Å²) >= 11 is 0. The van der Waals surface area contributed by atoms with Gasteiger partial charge < -0.3 is 5.73 Å². The highest BCUT2D eigenvalue weighted by Gasteiger charge is 2.03. The maximum absolute atomic E-state index is 5.49. The first-order chi connectivity index (χ1) is 7.31. The molecule has 0 fully saturated rings. The van der Waals surface area contributed by atoms with Gasteiger partial charge in [-0.25, -0.2) is 9.97 Å². The number of benzene rings is 1. The van der Waals surface area contributed by atoms with Crippen molar-refractivity contribution in [1.82, 2.24) is 9.97 Å². The molecule has 0 aliphatic carbocycles. The predicted octanol–water partition coefficient (Wildman–Crippen LogP) is 1.91. The van der Waals surface area contributed by atoms with E-state index in [9.17, 15) is 0 Å². The van der Waals surface area contributed by atoms with Gasteiger partial charge in [0, 0.05) is 30.1 Å². The Bertz CT molecular complexity index is 449. The molecule has 2 rings (SSSR count). The van der Waals surface area contributed by atoms with Crippen molar-refractivity contribution in [2.75, 3.05) is 0 Å². The normalized spacial score (nSPS) is 10.3. The molecule has 0 saturated carbocycles. The van der Waals surface area contributed by atoms with E-state index >= 15 is 0 Å². The summed E-state index contributed by atoms with van der Waals surface area (Å²) in [7, 11) is 0. The molecule has 3 nitrogen and oxygen atoms in total. The van der Waals surface area contributed by atoms with Crippen LogP contribution in [-0.4, -0.2) is 9.97 Å². The maximum atomic E-state index is 5.49. The molecule has 0 bridgehead atoms. The van der Waals surface area contributed by atoms with Crippen molar-refractivity contribution in [3.05, 3.63) is 47.8 Å². The highest BCUT2D eigenvalue weighted by atomic mass is 14.9. The van der Waals surface area contributed by atoms with Gasteiger partial charge >= 0.3 is 0 Å². The number of rotatable bonds is 2. The van der Waals surface area contributed by atoms with Crippen LogP contribution in [0.1, 0.15) is 11.1 Å². The zero-order valence-electron chi connectivity index (χ0n) is 8.64. The van der Waals surface area contributed by atoms with E-state index in [0.717, 1.165) is 17.0 Å². The Morgan fingerprint density at radius 3 is 2.40 bits per heavy atom. The molecule has 0 unspecified atom stereocenters. The largest absolute Gasteiger partial charge is 0.326 e. The van der Waals surface area contributed by atoms with Crippen LogP contribution < -0.4 is 5.73 Å². The highest BCUT2D eigenvalue weighted by molar-refractivity contribution is 5.59. The molecule has 2 N–H and O–H groups in total. The smallest absolute Gasteiger partial charge is 0.159 e. The molecule has 0 amide bonds. The average molecular weight is 199 g/mol. The van der Waals surface area contributed by atoms with Crippen LogP contribution in [0.4, 0.5) is 0 Å². The van der Waals surface area contributed by atoms with E-state index in [4.69, 9.17) is 5.73 Å². The minimum absolute atomic E-state index is 0.480. The summed E-state index contributed by atoms with van der Waals surface area (Å²) in [5.74, 6) is 0.755. The first kappa shape index (κ1) is 9.80. The number of hydrogen-bond donors (Lipinski definition) is 1. The summed E-state index contributed by atoms with van der Waals surface area (Å²) in [5, 5.41) is 0. The number of nitrogens with zero attached hydrogens (tertiary/aromatic N) is 2. The fraction of sp³-hybridized carbons (Fsp3) is 0.167. The molecule has 0 spiro atoms. The predicted molar refractivity (Wildman–Crippen MR) is 60.1 cm³/mol. The van der Waals surface area contributed by atoms with Crippen LogP contribution in [0.15, 0.2) is 36.7 Å². The summed E-state index contributed by atoms with van der Waals surface area (Å²) in [5.41, 5.74) is 8.69. The molecule has 0 saturated heterocycles. The Morgan fingerprint density at radius 1 is 1.13 bits per heavy atom. The lowest BCUT2D eigenvalue weighted by Gasteiger charge is -2.03. The van der Waals surface area contributed by atoms with Crippen LogP contribution in [0.5, 0.6) is 0 Å². The van der Waals surface area contributed by atoms with Crippen molar-refractivity contribution in [3.63, 3.8) is 0 Å². The van der Waals surface area contributed by atoms with Crippen molar-refractivity contribution in [2.45, 2.75) is 13.5 Å². The molecule has 76 valence electrons. The van der Waals surface area contributed by atoms with E-state index in [1.54, 1.807) is 12.4 Å². The van der Waals surface area contributed by atoms with Gasteiger partial charge in [-0.1, -0.05) is 24.3 Å². The monoisotopic (exact) mass is 199 g/mol. The molecule has 0 aliphatic heterocycles. The zero-order valence-corrected chi connectivity index (χ0v) is 8.64. The van der Waals surface area contributed by atoms with Gasteiger partial charge in [0.25, 0.3) is 0 Å². The Morgan fingerprint density at radius 2 is 1.80 bits per heavy atom. The Kier molecular flexibility index (Phi) is 2.74. The van der Waals surface area contributed by atoms with Gasteiger partial charge in [-0.15, -0.1) is 0 Å². The molecule has 2 aromatic rings. The summed E-state index contributed by atoms with van der Waals surface area (Å²) < 4.78 is 0. The SMILES string of the molecule is Cc1ccccc1-c1ncc(CN)cn1. The molecule has 3 heteroatoms. The van der Waals surface area contributed by atoms with Crippen LogP contribution >= 0.6 is 0 Å². The van der Waals surface area contributed by atoms with E-state index < -0.39 is 0 Å². The topological polar surface area (TPSA) is 51.8 Å². The van der Waals surface area contributed by atoms with Crippen LogP contribution in [-0.2, 0) is 6.54 Å². The van der Waals surface area contributed by atoms with Crippen LogP contribution in [0.2, 0.25) is 0 Å². The minimum Gasteiger partial charge on any atom is -0.326 e. The molecular weight excluding hydrogens is 186 g/mol. The Hall–Kier alpha value is -1.74. The summed E-state index contributed by atoms with van der Waals surface area (Å²) in [6, 6.07) is 8.07. The molecule has 15 heavy (non-hydrogen) atoms. The highest BCUT2D eigenvalue weighted by Crippen LogP contribution is 2.18. The Balaban J connectivity index is 2.42. The number of nitrogens with two attached hydrogens (primary N) is 1. The zero-order chi connectivity index (χ0) is 10.7. The van der Waals surface area contributed by atoms with Gasteiger partial charge in [0.1, 0.15) is 0 Å². The molecule has 1 aromatic carbocycles. The standard InChI is InChI=1S/C12H13N3/c1-9-4-2-3-5-11(9)12-14-7-10(6-13)8-15-12/h2-5,7-8H,6,13H2,1H3. The lowest BCUT2D eigenvalue weighted by Crippen LogP contribution is -1.99. The third kappa shape index (κ3) is 2.02. The second-order valence-electron chi connectivity index (χ2n) is 3.43. The van der Waals surface area contributed by atoms with Gasteiger partial charge in [0.05, 0.1) is 0 Å². The molecule has 0 radical (unpaired) electrons. The Labute approximate surface area is 89.0 Å². The van der Waals surface area contributed by atoms with E-state index in [-0.39, 0.29) is 0 Å². The lowest BCUT2D eigenvalue weighted by atomic mass is 10.1. The third-order valence-electron chi connectivity index (χ3n) is 2.33. The van der Waals surface area contributed by atoms with Gasteiger partial charge in [0.2, 0.25) is 0 Å².